The van der Waals surface area contributed by atoms with Crippen molar-refractivity contribution >= 4 is 23.9 Å². The Labute approximate surface area is 355 Å². The summed E-state index contributed by atoms with van der Waals surface area (Å²) in [4.78, 5) is 45.1. The molecule has 0 aromatic carbocycles. The summed E-state index contributed by atoms with van der Waals surface area (Å²) in [5.41, 5.74) is 0. The van der Waals surface area contributed by atoms with Gasteiger partial charge in [0.25, 0.3) is 0 Å². The molecular formula is C47H90O11. The number of methoxy groups -OCH3 is 1. The third-order valence-corrected chi connectivity index (χ3v) is 9.97. The van der Waals surface area contributed by atoms with Crippen LogP contribution in [0.3, 0.4) is 0 Å². The van der Waals surface area contributed by atoms with Crippen LogP contribution in [0.2, 0.25) is 0 Å². The molecule has 0 spiro atoms. The Morgan fingerprint density at radius 2 is 0.621 bits per heavy atom. The SMILES string of the molecule is CCCCCCCCCCCCCCCCCCOC(=O)C(=O)OCCO.CCCCCCCCCCCCCCCCCCOC(=O)COCC(=O)OCCOC. The van der Waals surface area contributed by atoms with Gasteiger partial charge in [-0.05, 0) is 12.8 Å². The highest BCUT2D eigenvalue weighted by molar-refractivity contribution is 6.29. The molecule has 0 fully saturated rings. The van der Waals surface area contributed by atoms with Crippen LogP contribution in [0.25, 0.3) is 0 Å². The van der Waals surface area contributed by atoms with Crippen molar-refractivity contribution in [1.82, 2.24) is 0 Å². The highest BCUT2D eigenvalue weighted by Gasteiger charge is 2.16. The Morgan fingerprint density at radius 3 is 0.931 bits per heavy atom. The first-order valence-electron chi connectivity index (χ1n) is 23.7. The molecule has 0 bridgehead atoms. The molecule has 0 atom stereocenters. The van der Waals surface area contributed by atoms with Gasteiger partial charge in [-0.1, -0.05) is 206 Å². The third kappa shape index (κ3) is 49.9. The molecule has 11 nitrogen and oxygen atoms in total. The Morgan fingerprint density at radius 1 is 0.345 bits per heavy atom. The fourth-order valence-electron chi connectivity index (χ4n) is 6.45. The third-order valence-electron chi connectivity index (χ3n) is 9.97. The molecule has 58 heavy (non-hydrogen) atoms. The minimum atomic E-state index is -1.03. The van der Waals surface area contributed by atoms with Crippen LogP contribution in [0.4, 0.5) is 0 Å². The molecule has 1 N–H and O–H groups in total. The smallest absolute Gasteiger partial charge is 0.417 e. The molecule has 0 aliphatic heterocycles. The lowest BCUT2D eigenvalue weighted by Crippen LogP contribution is -2.22. The zero-order valence-electron chi connectivity index (χ0n) is 37.8. The fraction of sp³-hybridized carbons (Fsp3) is 0.915. The zero-order valence-corrected chi connectivity index (χ0v) is 37.8. The van der Waals surface area contributed by atoms with Crippen molar-refractivity contribution in [2.45, 2.75) is 219 Å². The minimum absolute atomic E-state index is 0.174. The van der Waals surface area contributed by atoms with E-state index in [0.29, 0.717) is 13.2 Å². The number of rotatable bonds is 43. The van der Waals surface area contributed by atoms with Gasteiger partial charge in [0.15, 0.2) is 0 Å². The molecule has 344 valence electrons. The van der Waals surface area contributed by atoms with Crippen LogP contribution in [-0.2, 0) is 47.6 Å². The molecule has 0 saturated carbocycles. The summed E-state index contributed by atoms with van der Waals surface area (Å²) in [6.45, 7) is 4.78. The maximum Gasteiger partial charge on any atom is 0.417 e. The summed E-state index contributed by atoms with van der Waals surface area (Å²) in [5, 5.41) is 8.50. The molecule has 0 unspecified atom stereocenters. The number of carbonyl (C=O) groups is 4. The van der Waals surface area contributed by atoms with Gasteiger partial charge in [-0.3, -0.25) is 0 Å². The number of unbranched alkanes of at least 4 members (excludes halogenated alkanes) is 30. The fourth-order valence-corrected chi connectivity index (χ4v) is 6.45. The molecule has 0 aliphatic carbocycles. The summed E-state index contributed by atoms with van der Waals surface area (Å²) in [6, 6.07) is 0. The molecule has 0 heterocycles. The Kier molecular flexibility index (Phi) is 50.8. The van der Waals surface area contributed by atoms with Crippen molar-refractivity contribution in [3.8, 4) is 0 Å². The van der Waals surface area contributed by atoms with Gasteiger partial charge in [-0.2, -0.15) is 0 Å². The monoisotopic (exact) mass is 831 g/mol. The summed E-state index contributed by atoms with van der Waals surface area (Å²) >= 11 is 0. The van der Waals surface area contributed by atoms with Crippen LogP contribution in [0.15, 0.2) is 0 Å². The van der Waals surface area contributed by atoms with Crippen LogP contribution in [-0.4, -0.2) is 88.9 Å². The van der Waals surface area contributed by atoms with E-state index in [1.165, 1.54) is 180 Å². The maximum atomic E-state index is 11.5. The lowest BCUT2D eigenvalue weighted by atomic mass is 10.0. The molecule has 0 radical (unpaired) electrons. The lowest BCUT2D eigenvalue weighted by molar-refractivity contribution is -0.168. The van der Waals surface area contributed by atoms with E-state index in [-0.39, 0.29) is 39.6 Å². The average molecular weight is 831 g/mol. The van der Waals surface area contributed by atoms with Crippen LogP contribution in [0, 0.1) is 0 Å². The molecule has 0 amide bonds. The van der Waals surface area contributed by atoms with E-state index in [0.717, 1.165) is 32.1 Å². The van der Waals surface area contributed by atoms with E-state index in [1.54, 1.807) is 0 Å². The minimum Gasteiger partial charge on any atom is -0.464 e. The van der Waals surface area contributed by atoms with Gasteiger partial charge in [0.1, 0.15) is 26.4 Å². The van der Waals surface area contributed by atoms with Gasteiger partial charge in [0.05, 0.1) is 26.4 Å². The zero-order chi connectivity index (χ0) is 42.8. The van der Waals surface area contributed by atoms with Gasteiger partial charge in [-0.25, -0.2) is 19.2 Å². The number of aliphatic hydroxyl groups is 1. The normalized spacial score (nSPS) is 10.8. The second-order valence-electron chi connectivity index (χ2n) is 15.5. The van der Waals surface area contributed by atoms with Gasteiger partial charge >= 0.3 is 23.9 Å². The highest BCUT2D eigenvalue weighted by atomic mass is 16.6. The molecule has 0 aromatic rings. The highest BCUT2D eigenvalue weighted by Crippen LogP contribution is 2.15. The summed E-state index contributed by atoms with van der Waals surface area (Å²) < 4.78 is 29.0. The Hall–Kier alpha value is -2.24. The van der Waals surface area contributed by atoms with Crippen LogP contribution >= 0.6 is 0 Å². The number of ether oxygens (including phenoxy) is 6. The quantitative estimate of drug-likeness (QED) is 0.0271. The van der Waals surface area contributed by atoms with Gasteiger partial charge < -0.3 is 33.5 Å². The lowest BCUT2D eigenvalue weighted by Gasteiger charge is -2.06. The van der Waals surface area contributed by atoms with Crippen LogP contribution in [0.1, 0.15) is 219 Å². The standard InChI is InChI=1S/C25H48O6.C22H42O5/c1-3-4-5-6-7-8-9-10-11-12-13-14-15-16-17-18-19-30-24(26)22-29-23-25(27)31-21-20-28-2;1-2-3-4-5-6-7-8-9-10-11-12-13-14-15-16-17-19-26-21(24)22(25)27-20-18-23/h3-23H2,1-2H3;23H,2-20H2,1H3. The second kappa shape index (κ2) is 50.9. The summed E-state index contributed by atoms with van der Waals surface area (Å²) in [6.07, 6.45) is 41.7. The molecule has 0 aliphatic rings. The maximum absolute atomic E-state index is 11.5. The van der Waals surface area contributed by atoms with Gasteiger partial charge in [-0.15, -0.1) is 0 Å². The Balaban J connectivity index is 0. The first kappa shape index (κ1) is 57.9. The number of esters is 4. The number of carbonyl (C=O) groups excluding carboxylic acids is 4. The van der Waals surface area contributed by atoms with Gasteiger partial charge in [0.2, 0.25) is 0 Å². The summed E-state index contributed by atoms with van der Waals surface area (Å²) in [5.74, 6) is -2.95. The van der Waals surface area contributed by atoms with Crippen molar-refractivity contribution in [1.29, 1.82) is 0 Å². The number of aliphatic hydroxyl groups excluding tert-OH is 1. The Bertz CT molecular complexity index is 883. The van der Waals surface area contributed by atoms with E-state index in [9.17, 15) is 19.2 Å². The van der Waals surface area contributed by atoms with Crippen molar-refractivity contribution in [3.05, 3.63) is 0 Å². The molecule has 0 aromatic heterocycles. The molecule has 0 rings (SSSR count). The topological polar surface area (TPSA) is 144 Å². The average Bonchev–Trinajstić information content (AvgIpc) is 3.22. The van der Waals surface area contributed by atoms with Crippen molar-refractivity contribution in [2.24, 2.45) is 0 Å². The number of hydrogen-bond donors (Lipinski definition) is 1. The molecule has 11 heteroatoms. The van der Waals surface area contributed by atoms with E-state index < -0.39 is 23.9 Å². The van der Waals surface area contributed by atoms with E-state index >= 15 is 0 Å². The van der Waals surface area contributed by atoms with Crippen LogP contribution < -0.4 is 0 Å². The first-order valence-corrected chi connectivity index (χ1v) is 23.7. The van der Waals surface area contributed by atoms with E-state index in [1.807, 2.05) is 0 Å². The van der Waals surface area contributed by atoms with Crippen molar-refractivity contribution in [2.75, 3.05) is 60.0 Å². The predicted molar refractivity (Wildman–Crippen MR) is 233 cm³/mol. The van der Waals surface area contributed by atoms with Gasteiger partial charge in [0, 0.05) is 7.11 Å². The van der Waals surface area contributed by atoms with Crippen molar-refractivity contribution in [3.63, 3.8) is 0 Å². The first-order chi connectivity index (χ1) is 28.4. The molecule has 0 saturated heterocycles. The number of hydrogen-bond acceptors (Lipinski definition) is 11. The predicted octanol–water partition coefficient (Wildman–Crippen LogP) is 11.3. The molecular weight excluding hydrogens is 741 g/mol. The van der Waals surface area contributed by atoms with Crippen molar-refractivity contribution < 1.29 is 52.7 Å². The van der Waals surface area contributed by atoms with E-state index in [2.05, 4.69) is 18.6 Å². The van der Waals surface area contributed by atoms with E-state index in [4.69, 9.17) is 28.8 Å². The largest absolute Gasteiger partial charge is 0.464 e. The van der Waals surface area contributed by atoms with Crippen LogP contribution in [0.5, 0.6) is 0 Å². The summed E-state index contributed by atoms with van der Waals surface area (Å²) in [7, 11) is 1.53. The second-order valence-corrected chi connectivity index (χ2v) is 15.5.